The standard InChI is InChI=1S/C33H34F2N4O3/c1-38-15-11-25(20-38)42-30-17-22(28(10-14-36)37-29-9-6-23(34)18-27(29)35)16-26-31(30)39(32(40)33(26)12-3-13-33)19-21-4-7-24(41-2)8-5-21/h4-10,14,16-18,25,36-37H,3,11-13,15,19-20H2,1-2H3/b28-10-,36-14?. The normalized spacial score (nSPS) is 19.5. The Morgan fingerprint density at radius 1 is 1.14 bits per heavy atom. The zero-order chi connectivity index (χ0) is 29.4. The van der Waals surface area contributed by atoms with Crippen LogP contribution in [0.25, 0.3) is 5.70 Å². The van der Waals surface area contributed by atoms with E-state index in [-0.39, 0.29) is 17.7 Å². The number of fused-ring (bicyclic) bond motifs is 2. The third-order valence-electron chi connectivity index (χ3n) is 8.63. The summed E-state index contributed by atoms with van der Waals surface area (Å²) in [6.07, 6.45) is 5.85. The molecule has 2 N–H and O–H groups in total. The van der Waals surface area contributed by atoms with Crippen LogP contribution in [-0.2, 0) is 16.8 Å². The van der Waals surface area contributed by atoms with Gasteiger partial charge < -0.3 is 30.0 Å². The maximum absolute atomic E-state index is 14.6. The van der Waals surface area contributed by atoms with Crippen LogP contribution in [0.15, 0.2) is 60.7 Å². The number of ether oxygens (including phenoxy) is 2. The number of likely N-dealkylation sites (tertiary alicyclic amines) is 1. The number of hydrogen-bond acceptors (Lipinski definition) is 6. The van der Waals surface area contributed by atoms with E-state index in [0.29, 0.717) is 23.6 Å². The number of carbonyl (C=O) groups excluding carboxylic acids is 1. The average molecular weight is 573 g/mol. The van der Waals surface area contributed by atoms with Crippen molar-refractivity contribution in [2.75, 3.05) is 37.5 Å². The summed E-state index contributed by atoms with van der Waals surface area (Å²) in [4.78, 5) is 18.3. The summed E-state index contributed by atoms with van der Waals surface area (Å²) < 4.78 is 40.2. The Balaban J connectivity index is 1.46. The smallest absolute Gasteiger partial charge is 0.238 e. The molecule has 9 heteroatoms. The highest BCUT2D eigenvalue weighted by atomic mass is 19.1. The second-order valence-corrected chi connectivity index (χ2v) is 11.3. The SMILES string of the molecule is COc1ccc(CN2C(=O)C3(CCC3)c3cc(/C(=C/C=N)Nc4ccc(F)cc4F)cc(OC4CCN(C)C4)c32)cc1. The fraction of sp³-hybridized carbons (Fsp3) is 0.333. The molecule has 1 saturated heterocycles. The third-order valence-corrected chi connectivity index (χ3v) is 8.63. The summed E-state index contributed by atoms with van der Waals surface area (Å²) >= 11 is 0. The van der Waals surface area contributed by atoms with Crippen molar-refractivity contribution < 1.29 is 23.0 Å². The van der Waals surface area contributed by atoms with Gasteiger partial charge in [-0.25, -0.2) is 8.78 Å². The number of amides is 1. The van der Waals surface area contributed by atoms with Crippen LogP contribution in [0.1, 0.15) is 42.4 Å². The predicted octanol–water partition coefficient (Wildman–Crippen LogP) is 6.13. The Labute approximate surface area is 244 Å². The predicted molar refractivity (Wildman–Crippen MR) is 159 cm³/mol. The molecule has 3 aromatic rings. The van der Waals surface area contributed by atoms with Crippen LogP contribution in [0, 0.1) is 17.0 Å². The van der Waals surface area contributed by atoms with Gasteiger partial charge in [-0.1, -0.05) is 18.6 Å². The van der Waals surface area contributed by atoms with Crippen molar-refractivity contribution in [3.63, 3.8) is 0 Å². The lowest BCUT2D eigenvalue weighted by molar-refractivity contribution is -0.126. The second kappa shape index (κ2) is 11.2. The van der Waals surface area contributed by atoms with Gasteiger partial charge in [0.05, 0.1) is 30.4 Å². The van der Waals surface area contributed by atoms with E-state index in [1.807, 2.05) is 41.3 Å². The first-order valence-electron chi connectivity index (χ1n) is 14.2. The van der Waals surface area contributed by atoms with Gasteiger partial charge in [0.1, 0.15) is 29.2 Å². The van der Waals surface area contributed by atoms with E-state index in [2.05, 4.69) is 17.3 Å². The van der Waals surface area contributed by atoms with Gasteiger partial charge >= 0.3 is 0 Å². The maximum Gasteiger partial charge on any atom is 0.238 e. The van der Waals surface area contributed by atoms with Crippen LogP contribution in [0.5, 0.6) is 11.5 Å². The zero-order valence-corrected chi connectivity index (χ0v) is 23.8. The molecular formula is C33H34F2N4O3. The number of nitrogens with one attached hydrogen (secondary N) is 2. The number of methoxy groups -OCH3 is 1. The molecule has 1 amide bonds. The quantitative estimate of drug-likeness (QED) is 0.302. The third kappa shape index (κ3) is 5.02. The number of carbonyl (C=O) groups is 1. The van der Waals surface area contributed by atoms with Crippen molar-refractivity contribution in [3.8, 4) is 11.5 Å². The number of benzene rings is 3. The van der Waals surface area contributed by atoms with Gasteiger partial charge in [-0.15, -0.1) is 0 Å². The molecule has 3 aliphatic rings. The number of allylic oxidation sites excluding steroid dienone is 1. The lowest BCUT2D eigenvalue weighted by Crippen LogP contribution is -2.44. The minimum atomic E-state index is -0.742. The van der Waals surface area contributed by atoms with Crippen LogP contribution in [-0.4, -0.2) is 50.4 Å². The molecule has 0 aromatic heterocycles. The van der Waals surface area contributed by atoms with Crippen molar-refractivity contribution in [2.45, 2.75) is 43.7 Å². The number of likely N-dealkylation sites (N-methyl/N-ethyl adjacent to an activating group) is 1. The Morgan fingerprint density at radius 2 is 1.93 bits per heavy atom. The molecule has 6 rings (SSSR count). The van der Waals surface area contributed by atoms with Crippen molar-refractivity contribution in [1.29, 1.82) is 5.41 Å². The molecule has 218 valence electrons. The van der Waals surface area contributed by atoms with Crippen molar-refractivity contribution in [1.82, 2.24) is 4.90 Å². The maximum atomic E-state index is 14.6. The second-order valence-electron chi connectivity index (χ2n) is 11.3. The van der Waals surface area contributed by atoms with E-state index in [4.69, 9.17) is 14.9 Å². The van der Waals surface area contributed by atoms with E-state index in [0.717, 1.165) is 73.6 Å². The fourth-order valence-corrected chi connectivity index (χ4v) is 6.25. The van der Waals surface area contributed by atoms with Crippen molar-refractivity contribution in [3.05, 3.63) is 89.0 Å². The van der Waals surface area contributed by atoms with Crippen LogP contribution in [0.3, 0.4) is 0 Å². The zero-order valence-electron chi connectivity index (χ0n) is 23.8. The summed E-state index contributed by atoms with van der Waals surface area (Å²) in [5.41, 5.74) is 3.17. The molecule has 0 bridgehead atoms. The van der Waals surface area contributed by atoms with Gasteiger partial charge in [-0.05, 0) is 79.9 Å². The van der Waals surface area contributed by atoms with E-state index in [9.17, 15) is 13.6 Å². The van der Waals surface area contributed by atoms with E-state index in [1.165, 1.54) is 18.2 Å². The first-order chi connectivity index (χ1) is 20.3. The summed E-state index contributed by atoms with van der Waals surface area (Å²) in [7, 11) is 3.68. The lowest BCUT2D eigenvalue weighted by Gasteiger charge is -2.37. The summed E-state index contributed by atoms with van der Waals surface area (Å²) in [6, 6.07) is 14.9. The van der Waals surface area contributed by atoms with Gasteiger partial charge in [0.25, 0.3) is 0 Å². The minimum absolute atomic E-state index is 0.0529. The topological polar surface area (TPSA) is 77.9 Å². The number of hydrogen-bond donors (Lipinski definition) is 2. The molecule has 1 spiro atoms. The fourth-order valence-electron chi connectivity index (χ4n) is 6.25. The van der Waals surface area contributed by atoms with E-state index in [1.54, 1.807) is 7.11 Å². The lowest BCUT2D eigenvalue weighted by atomic mass is 9.65. The molecule has 3 aromatic carbocycles. The van der Waals surface area contributed by atoms with Gasteiger partial charge in [-0.3, -0.25) is 4.79 Å². The number of rotatable bonds is 9. The average Bonchev–Trinajstić information content (AvgIpc) is 3.47. The van der Waals surface area contributed by atoms with Crippen LogP contribution >= 0.6 is 0 Å². The van der Waals surface area contributed by atoms with Gasteiger partial charge in [0.2, 0.25) is 5.91 Å². The Hall–Kier alpha value is -4.24. The molecule has 1 saturated carbocycles. The largest absolute Gasteiger partial charge is 0.497 e. The molecule has 2 heterocycles. The Bertz CT molecular complexity index is 1550. The highest BCUT2D eigenvalue weighted by Gasteiger charge is 2.55. The Kier molecular flexibility index (Phi) is 7.45. The molecule has 2 aliphatic heterocycles. The van der Waals surface area contributed by atoms with Crippen LogP contribution in [0.2, 0.25) is 0 Å². The molecule has 2 fully saturated rings. The van der Waals surface area contributed by atoms with Crippen LogP contribution < -0.4 is 19.7 Å². The molecule has 1 aliphatic carbocycles. The molecule has 0 radical (unpaired) electrons. The monoisotopic (exact) mass is 572 g/mol. The molecule has 7 nitrogen and oxygen atoms in total. The van der Waals surface area contributed by atoms with Gasteiger partial charge in [0, 0.05) is 36.6 Å². The summed E-state index contributed by atoms with van der Waals surface area (Å²) in [5.74, 6) is -0.0236. The van der Waals surface area contributed by atoms with E-state index < -0.39 is 17.0 Å². The van der Waals surface area contributed by atoms with Gasteiger partial charge in [-0.2, -0.15) is 0 Å². The molecule has 42 heavy (non-hydrogen) atoms. The Morgan fingerprint density at radius 3 is 2.55 bits per heavy atom. The number of halogens is 2. The van der Waals surface area contributed by atoms with E-state index >= 15 is 0 Å². The number of anilines is 2. The summed E-state index contributed by atoms with van der Waals surface area (Å²) in [6.45, 7) is 2.06. The van der Waals surface area contributed by atoms with Crippen molar-refractivity contribution >= 4 is 29.2 Å². The number of nitrogens with zero attached hydrogens (tertiary/aromatic N) is 2. The van der Waals surface area contributed by atoms with Crippen LogP contribution in [0.4, 0.5) is 20.2 Å². The molecular weight excluding hydrogens is 538 g/mol. The minimum Gasteiger partial charge on any atom is -0.497 e. The first-order valence-corrected chi connectivity index (χ1v) is 14.2. The molecule has 1 atom stereocenters. The highest BCUT2D eigenvalue weighted by molar-refractivity contribution is 6.10. The summed E-state index contributed by atoms with van der Waals surface area (Å²) in [5, 5.41) is 10.8. The van der Waals surface area contributed by atoms with Gasteiger partial charge in [0.15, 0.2) is 0 Å². The molecule has 1 unspecified atom stereocenters. The first kappa shape index (κ1) is 27.9. The highest BCUT2D eigenvalue weighted by Crippen LogP contribution is 2.57. The van der Waals surface area contributed by atoms with Crippen molar-refractivity contribution in [2.24, 2.45) is 0 Å².